The van der Waals surface area contributed by atoms with Crippen molar-refractivity contribution in [3.8, 4) is 0 Å². The predicted molar refractivity (Wildman–Crippen MR) is 119 cm³/mol. The summed E-state index contributed by atoms with van der Waals surface area (Å²) in [7, 11) is 0. The number of hydrogen-bond donors (Lipinski definition) is 1. The van der Waals surface area contributed by atoms with Gasteiger partial charge in [-0.3, -0.25) is 4.79 Å². The van der Waals surface area contributed by atoms with Crippen molar-refractivity contribution in [1.29, 1.82) is 0 Å². The van der Waals surface area contributed by atoms with Crippen LogP contribution in [0.4, 0.5) is 18.0 Å². The molecule has 0 bridgehead atoms. The van der Waals surface area contributed by atoms with Gasteiger partial charge in [-0.1, -0.05) is 30.3 Å². The Morgan fingerprint density at radius 2 is 1.73 bits per heavy atom. The van der Waals surface area contributed by atoms with Crippen LogP contribution in [0.3, 0.4) is 0 Å². The largest absolute Gasteiger partial charge is 0.339 e. The maximum atomic E-state index is 13.9. The number of piperazine rings is 1. The Morgan fingerprint density at radius 3 is 2.45 bits per heavy atom. The van der Waals surface area contributed by atoms with Crippen LogP contribution < -0.4 is 5.73 Å². The van der Waals surface area contributed by atoms with E-state index >= 15 is 0 Å². The van der Waals surface area contributed by atoms with Crippen LogP contribution in [0.15, 0.2) is 42.5 Å². The van der Waals surface area contributed by atoms with Crippen molar-refractivity contribution in [3.63, 3.8) is 0 Å². The lowest BCUT2D eigenvalue weighted by Crippen LogP contribution is -2.54. The first-order valence-corrected chi connectivity index (χ1v) is 10.6. The van der Waals surface area contributed by atoms with Crippen LogP contribution in [-0.4, -0.2) is 64.9 Å². The molecule has 2 fully saturated rings. The van der Waals surface area contributed by atoms with Gasteiger partial charge in [-0.15, -0.1) is 12.4 Å². The van der Waals surface area contributed by atoms with Crippen LogP contribution in [0, 0.1) is 17.5 Å². The first kappa shape index (κ1) is 24.9. The lowest BCUT2D eigenvalue weighted by atomic mass is 10.0. The summed E-state index contributed by atoms with van der Waals surface area (Å²) in [5, 5.41) is 0. The summed E-state index contributed by atoms with van der Waals surface area (Å²) in [5.74, 6) is -3.50. The Balaban J connectivity index is 0.00000306. The van der Waals surface area contributed by atoms with E-state index in [0.717, 1.165) is 11.6 Å². The van der Waals surface area contributed by atoms with Crippen molar-refractivity contribution in [2.24, 2.45) is 5.73 Å². The summed E-state index contributed by atoms with van der Waals surface area (Å²) in [6, 6.07) is 10.1. The average Bonchev–Trinajstić information content (AvgIpc) is 3.07. The standard InChI is InChI=1S/C23H25F3N4O2.ClH/c24-19-11-21(26)20(25)9-16(19)8-17(27)10-22(31)28-6-7-30-18(13-28)14-29(23(30)32)12-15-4-2-1-3-5-15;/h1-5,9,11,17-18H,6-8,10,12-14,27H2;1H/t17-,18?;/m1./s1. The van der Waals surface area contributed by atoms with Gasteiger partial charge in [-0.2, -0.15) is 0 Å². The first-order valence-electron chi connectivity index (χ1n) is 10.6. The van der Waals surface area contributed by atoms with Crippen molar-refractivity contribution in [1.82, 2.24) is 14.7 Å². The Kier molecular flexibility index (Phi) is 7.86. The molecule has 6 nitrogen and oxygen atoms in total. The lowest BCUT2D eigenvalue weighted by Gasteiger charge is -2.36. The maximum Gasteiger partial charge on any atom is 0.320 e. The Bertz CT molecular complexity index is 1010. The van der Waals surface area contributed by atoms with Gasteiger partial charge >= 0.3 is 6.03 Å². The molecule has 2 atom stereocenters. The number of hydrogen-bond acceptors (Lipinski definition) is 3. The number of nitrogens with two attached hydrogens (primary N) is 1. The van der Waals surface area contributed by atoms with Crippen molar-refractivity contribution in [2.75, 3.05) is 26.2 Å². The summed E-state index contributed by atoms with van der Waals surface area (Å²) in [6.45, 7) is 2.29. The number of benzene rings is 2. The fraction of sp³-hybridized carbons (Fsp3) is 0.391. The molecule has 2 aromatic rings. The van der Waals surface area contributed by atoms with Gasteiger partial charge in [0.25, 0.3) is 0 Å². The molecule has 3 amide bonds. The van der Waals surface area contributed by atoms with E-state index in [0.29, 0.717) is 38.8 Å². The van der Waals surface area contributed by atoms with Crippen LogP contribution >= 0.6 is 12.4 Å². The highest BCUT2D eigenvalue weighted by Crippen LogP contribution is 2.23. The lowest BCUT2D eigenvalue weighted by molar-refractivity contribution is -0.133. The van der Waals surface area contributed by atoms with E-state index in [1.54, 1.807) is 14.7 Å². The second kappa shape index (κ2) is 10.4. The number of carbonyl (C=O) groups is 2. The molecule has 0 saturated carbocycles. The number of amides is 3. The number of halogens is 4. The highest BCUT2D eigenvalue weighted by molar-refractivity contribution is 5.85. The van der Waals surface area contributed by atoms with Crippen molar-refractivity contribution in [2.45, 2.75) is 31.5 Å². The van der Waals surface area contributed by atoms with Gasteiger partial charge in [0.1, 0.15) is 5.82 Å². The molecular formula is C23H26ClF3N4O2. The van der Waals surface area contributed by atoms with E-state index in [-0.39, 0.29) is 48.8 Å². The summed E-state index contributed by atoms with van der Waals surface area (Å²) in [4.78, 5) is 30.7. The predicted octanol–water partition coefficient (Wildman–Crippen LogP) is 2.93. The van der Waals surface area contributed by atoms with E-state index in [2.05, 4.69) is 0 Å². The normalized spacial score (nSPS) is 18.7. The number of rotatable bonds is 6. The molecule has 2 heterocycles. The van der Waals surface area contributed by atoms with Crippen LogP contribution in [0.2, 0.25) is 0 Å². The monoisotopic (exact) mass is 482 g/mol. The molecule has 0 aromatic heterocycles. The molecule has 0 spiro atoms. The molecule has 2 saturated heterocycles. The van der Waals surface area contributed by atoms with Crippen LogP contribution in [-0.2, 0) is 17.8 Å². The van der Waals surface area contributed by atoms with Crippen molar-refractivity contribution >= 4 is 24.3 Å². The quantitative estimate of drug-likeness (QED) is 0.644. The van der Waals surface area contributed by atoms with E-state index in [1.807, 2.05) is 30.3 Å². The fourth-order valence-electron chi connectivity index (χ4n) is 4.37. The second-order valence-corrected chi connectivity index (χ2v) is 8.36. The highest BCUT2D eigenvalue weighted by Gasteiger charge is 2.41. The molecular weight excluding hydrogens is 457 g/mol. The van der Waals surface area contributed by atoms with E-state index in [1.165, 1.54) is 0 Å². The molecule has 2 aliphatic rings. The van der Waals surface area contributed by atoms with E-state index in [4.69, 9.17) is 5.73 Å². The number of nitrogens with zero attached hydrogens (tertiary/aromatic N) is 3. The van der Waals surface area contributed by atoms with Gasteiger partial charge in [0.05, 0.1) is 6.04 Å². The number of fused-ring (bicyclic) bond motifs is 1. The third-order valence-corrected chi connectivity index (χ3v) is 6.01. The van der Waals surface area contributed by atoms with E-state index < -0.39 is 23.5 Å². The molecule has 0 aliphatic carbocycles. The minimum absolute atomic E-state index is 0. The zero-order chi connectivity index (χ0) is 22.8. The molecule has 2 aromatic carbocycles. The van der Waals surface area contributed by atoms with Gasteiger partial charge in [-0.05, 0) is 23.6 Å². The molecule has 4 rings (SSSR count). The second-order valence-electron chi connectivity index (χ2n) is 8.36. The maximum absolute atomic E-state index is 13.9. The fourth-order valence-corrected chi connectivity index (χ4v) is 4.37. The molecule has 2 aliphatic heterocycles. The molecule has 33 heavy (non-hydrogen) atoms. The van der Waals surface area contributed by atoms with Gasteiger partial charge in [0.15, 0.2) is 11.6 Å². The van der Waals surface area contributed by atoms with Gasteiger partial charge in [0, 0.05) is 51.3 Å². The zero-order valence-electron chi connectivity index (χ0n) is 17.9. The van der Waals surface area contributed by atoms with E-state index in [9.17, 15) is 22.8 Å². The summed E-state index contributed by atoms with van der Waals surface area (Å²) >= 11 is 0. The van der Waals surface area contributed by atoms with Gasteiger partial charge in [-0.25, -0.2) is 18.0 Å². The highest BCUT2D eigenvalue weighted by atomic mass is 35.5. The Hall–Kier alpha value is -2.78. The Labute approximate surface area is 196 Å². The smallest absolute Gasteiger partial charge is 0.320 e. The summed E-state index contributed by atoms with van der Waals surface area (Å²) < 4.78 is 40.4. The number of urea groups is 1. The van der Waals surface area contributed by atoms with Gasteiger partial charge < -0.3 is 20.4 Å². The van der Waals surface area contributed by atoms with Crippen LogP contribution in [0.1, 0.15) is 17.5 Å². The Morgan fingerprint density at radius 1 is 1.03 bits per heavy atom. The van der Waals surface area contributed by atoms with Crippen LogP contribution in [0.25, 0.3) is 0 Å². The third kappa shape index (κ3) is 5.59. The minimum atomic E-state index is -1.26. The molecule has 10 heteroatoms. The molecule has 2 N–H and O–H groups in total. The third-order valence-electron chi connectivity index (χ3n) is 6.01. The minimum Gasteiger partial charge on any atom is -0.339 e. The SMILES string of the molecule is Cl.N[C@@H](CC(=O)N1CCN2C(=O)N(Cc3ccccc3)CC2C1)Cc1cc(F)c(F)cc1F. The van der Waals surface area contributed by atoms with Crippen LogP contribution in [0.5, 0.6) is 0 Å². The average molecular weight is 483 g/mol. The zero-order valence-corrected chi connectivity index (χ0v) is 18.7. The van der Waals surface area contributed by atoms with Crippen molar-refractivity contribution < 1.29 is 22.8 Å². The van der Waals surface area contributed by atoms with Crippen molar-refractivity contribution in [3.05, 3.63) is 71.0 Å². The van der Waals surface area contributed by atoms with Gasteiger partial charge in [0.2, 0.25) is 5.91 Å². The topological polar surface area (TPSA) is 69.9 Å². The molecule has 1 unspecified atom stereocenters. The first-order chi connectivity index (χ1) is 15.3. The summed E-state index contributed by atoms with van der Waals surface area (Å²) in [6.07, 6.45) is -0.131. The number of carbonyl (C=O) groups excluding carboxylic acids is 2. The molecule has 0 radical (unpaired) electrons. The molecule has 178 valence electrons. The summed E-state index contributed by atoms with van der Waals surface area (Å²) in [5.41, 5.74) is 6.99.